The molecule has 0 heterocycles. The standard InChI is InChI=1S/C8H17N3O3/c1-8(2,3)6(10)7(13)11-14-4-5(9)12/h6H,4,10H2,1-3H3,(H2,9,12)(H,11,13)/t6-/m0/s1. The highest BCUT2D eigenvalue weighted by atomic mass is 16.7. The van der Waals surface area contributed by atoms with E-state index in [0.717, 1.165) is 0 Å². The van der Waals surface area contributed by atoms with E-state index in [1.807, 2.05) is 20.8 Å². The van der Waals surface area contributed by atoms with Gasteiger partial charge in [-0.1, -0.05) is 20.8 Å². The van der Waals surface area contributed by atoms with Gasteiger partial charge in [-0.3, -0.25) is 14.4 Å². The molecule has 0 aliphatic carbocycles. The zero-order valence-corrected chi connectivity index (χ0v) is 8.66. The van der Waals surface area contributed by atoms with Crippen LogP contribution in [0.1, 0.15) is 20.8 Å². The van der Waals surface area contributed by atoms with E-state index in [1.165, 1.54) is 0 Å². The molecule has 0 radical (unpaired) electrons. The van der Waals surface area contributed by atoms with E-state index < -0.39 is 17.9 Å². The van der Waals surface area contributed by atoms with E-state index in [4.69, 9.17) is 11.5 Å². The first kappa shape index (κ1) is 12.9. The summed E-state index contributed by atoms with van der Waals surface area (Å²) in [5.41, 5.74) is 12.1. The number of amides is 2. The van der Waals surface area contributed by atoms with Gasteiger partial charge in [0.15, 0.2) is 6.61 Å². The molecule has 0 aromatic carbocycles. The van der Waals surface area contributed by atoms with Gasteiger partial charge >= 0.3 is 0 Å². The average molecular weight is 203 g/mol. The maximum absolute atomic E-state index is 11.3. The number of hydrogen-bond donors (Lipinski definition) is 3. The number of hydrogen-bond acceptors (Lipinski definition) is 4. The Balaban J connectivity index is 3.91. The third-order valence-corrected chi connectivity index (χ3v) is 1.60. The van der Waals surface area contributed by atoms with E-state index in [9.17, 15) is 9.59 Å². The van der Waals surface area contributed by atoms with Gasteiger partial charge in [0.2, 0.25) is 5.91 Å². The Kier molecular flexibility index (Phi) is 4.52. The lowest BCUT2D eigenvalue weighted by molar-refractivity contribution is -0.140. The van der Waals surface area contributed by atoms with Gasteiger partial charge in [0.1, 0.15) is 0 Å². The summed E-state index contributed by atoms with van der Waals surface area (Å²) >= 11 is 0. The van der Waals surface area contributed by atoms with Crippen LogP contribution in [0, 0.1) is 5.41 Å². The number of carbonyl (C=O) groups is 2. The largest absolute Gasteiger partial charge is 0.368 e. The zero-order chi connectivity index (χ0) is 11.4. The van der Waals surface area contributed by atoms with Gasteiger partial charge in [-0.05, 0) is 5.41 Å². The molecule has 0 saturated carbocycles. The van der Waals surface area contributed by atoms with Crippen LogP contribution in [0.3, 0.4) is 0 Å². The van der Waals surface area contributed by atoms with Crippen molar-refractivity contribution in [2.45, 2.75) is 26.8 Å². The van der Waals surface area contributed by atoms with Crippen molar-refractivity contribution >= 4 is 11.8 Å². The predicted molar refractivity (Wildman–Crippen MR) is 50.7 cm³/mol. The first-order chi connectivity index (χ1) is 6.25. The van der Waals surface area contributed by atoms with Crippen molar-refractivity contribution < 1.29 is 14.4 Å². The van der Waals surface area contributed by atoms with Crippen LogP contribution < -0.4 is 16.9 Å². The Hall–Kier alpha value is -1.14. The maximum atomic E-state index is 11.3. The minimum absolute atomic E-state index is 0.359. The zero-order valence-electron chi connectivity index (χ0n) is 8.66. The number of rotatable bonds is 4. The lowest BCUT2D eigenvalue weighted by Gasteiger charge is -2.25. The van der Waals surface area contributed by atoms with Crippen LogP contribution in [0.25, 0.3) is 0 Å². The molecule has 6 nitrogen and oxygen atoms in total. The Morgan fingerprint density at radius 3 is 2.29 bits per heavy atom. The molecule has 0 fully saturated rings. The first-order valence-electron chi connectivity index (χ1n) is 4.20. The van der Waals surface area contributed by atoms with Gasteiger partial charge in [-0.25, -0.2) is 5.48 Å². The summed E-state index contributed by atoms with van der Waals surface area (Å²) in [6.45, 7) is 5.12. The molecule has 0 spiro atoms. The van der Waals surface area contributed by atoms with Crippen LogP contribution in [-0.4, -0.2) is 24.5 Å². The molecule has 0 aliphatic heterocycles. The first-order valence-corrected chi connectivity index (χ1v) is 4.20. The molecule has 0 aromatic heterocycles. The smallest absolute Gasteiger partial charge is 0.260 e. The summed E-state index contributed by atoms with van der Waals surface area (Å²) in [6.07, 6.45) is 0. The van der Waals surface area contributed by atoms with Gasteiger partial charge < -0.3 is 11.5 Å². The molecule has 2 amide bonds. The van der Waals surface area contributed by atoms with Crippen LogP contribution >= 0.6 is 0 Å². The van der Waals surface area contributed by atoms with E-state index in [0.29, 0.717) is 0 Å². The highest BCUT2D eigenvalue weighted by Crippen LogP contribution is 2.16. The van der Waals surface area contributed by atoms with Crippen molar-refractivity contribution in [1.29, 1.82) is 0 Å². The second-order valence-electron chi connectivity index (χ2n) is 4.06. The maximum Gasteiger partial charge on any atom is 0.260 e. The van der Waals surface area contributed by atoms with Crippen molar-refractivity contribution in [2.75, 3.05) is 6.61 Å². The second kappa shape index (κ2) is 4.92. The number of carbonyl (C=O) groups excluding carboxylic acids is 2. The van der Waals surface area contributed by atoms with Crippen LogP contribution in [0.5, 0.6) is 0 Å². The van der Waals surface area contributed by atoms with Crippen LogP contribution in [0.4, 0.5) is 0 Å². The Bertz CT molecular complexity index is 222. The van der Waals surface area contributed by atoms with Gasteiger partial charge in [-0.15, -0.1) is 0 Å². The third kappa shape index (κ3) is 4.78. The summed E-state index contributed by atoms with van der Waals surface area (Å²) in [4.78, 5) is 26.0. The molecule has 1 atom stereocenters. The molecule has 0 aromatic rings. The Morgan fingerprint density at radius 2 is 1.93 bits per heavy atom. The van der Waals surface area contributed by atoms with E-state index >= 15 is 0 Å². The van der Waals surface area contributed by atoms with E-state index in [1.54, 1.807) is 0 Å². The average Bonchev–Trinajstić information content (AvgIpc) is 2.00. The monoisotopic (exact) mass is 203 g/mol. The predicted octanol–water partition coefficient (Wildman–Crippen LogP) is -1.11. The fraction of sp³-hybridized carbons (Fsp3) is 0.750. The van der Waals surface area contributed by atoms with Gasteiger partial charge in [-0.2, -0.15) is 0 Å². The summed E-state index contributed by atoms with van der Waals surface area (Å²) in [6, 6.07) is -0.699. The lowest BCUT2D eigenvalue weighted by Crippen LogP contribution is -2.49. The summed E-state index contributed by atoms with van der Waals surface area (Å²) in [5, 5.41) is 0. The van der Waals surface area contributed by atoms with Crippen molar-refractivity contribution in [1.82, 2.24) is 5.48 Å². The van der Waals surface area contributed by atoms with Gasteiger partial charge in [0.05, 0.1) is 6.04 Å². The van der Waals surface area contributed by atoms with E-state index in [2.05, 4.69) is 10.3 Å². The molecule has 0 bridgehead atoms. The molecule has 5 N–H and O–H groups in total. The fourth-order valence-electron chi connectivity index (χ4n) is 0.635. The molecular formula is C8H17N3O3. The number of hydroxylamine groups is 1. The Labute approximate surface area is 82.9 Å². The van der Waals surface area contributed by atoms with Crippen LogP contribution in [0.15, 0.2) is 0 Å². The SMILES string of the molecule is CC(C)(C)[C@@H](N)C(=O)NOCC(N)=O. The molecule has 0 saturated heterocycles. The fourth-order valence-corrected chi connectivity index (χ4v) is 0.635. The van der Waals surface area contributed by atoms with Gasteiger partial charge in [0, 0.05) is 0 Å². The number of nitrogens with one attached hydrogen (secondary N) is 1. The van der Waals surface area contributed by atoms with Crippen molar-refractivity contribution in [2.24, 2.45) is 16.9 Å². The number of primary amides is 1. The minimum Gasteiger partial charge on any atom is -0.368 e. The second-order valence-corrected chi connectivity index (χ2v) is 4.06. The highest BCUT2D eigenvalue weighted by Gasteiger charge is 2.27. The molecule has 0 unspecified atom stereocenters. The summed E-state index contributed by atoms with van der Waals surface area (Å²) in [7, 11) is 0. The van der Waals surface area contributed by atoms with Crippen LogP contribution in [-0.2, 0) is 14.4 Å². The van der Waals surface area contributed by atoms with E-state index in [-0.39, 0.29) is 12.0 Å². The minimum atomic E-state index is -0.699. The molecule has 6 heteroatoms. The van der Waals surface area contributed by atoms with Crippen molar-refractivity contribution in [3.8, 4) is 0 Å². The molecule has 82 valence electrons. The van der Waals surface area contributed by atoms with Crippen LogP contribution in [0.2, 0.25) is 0 Å². The highest BCUT2D eigenvalue weighted by molar-refractivity contribution is 5.81. The van der Waals surface area contributed by atoms with Crippen molar-refractivity contribution in [3.05, 3.63) is 0 Å². The van der Waals surface area contributed by atoms with Crippen molar-refractivity contribution in [3.63, 3.8) is 0 Å². The molecule has 0 rings (SSSR count). The molecule has 0 aliphatic rings. The molecule has 14 heavy (non-hydrogen) atoms. The quantitative estimate of drug-likeness (QED) is 0.503. The third-order valence-electron chi connectivity index (χ3n) is 1.60. The number of nitrogens with two attached hydrogens (primary N) is 2. The lowest BCUT2D eigenvalue weighted by atomic mass is 9.87. The normalized spacial score (nSPS) is 13.4. The topological polar surface area (TPSA) is 107 Å². The summed E-state index contributed by atoms with van der Waals surface area (Å²) < 4.78 is 0. The Morgan fingerprint density at radius 1 is 1.43 bits per heavy atom. The van der Waals surface area contributed by atoms with Gasteiger partial charge in [0.25, 0.3) is 5.91 Å². The summed E-state index contributed by atoms with van der Waals surface area (Å²) in [5.74, 6) is -1.13. The molecular weight excluding hydrogens is 186 g/mol.